The first-order valence-electron chi connectivity index (χ1n) is 11.5. The molecule has 1 spiro atoms. The number of carbonyl (C=O) groups excluding carboxylic acids is 4. The predicted octanol–water partition coefficient (Wildman–Crippen LogP) is 2.89. The fourth-order valence-corrected chi connectivity index (χ4v) is 7.84. The van der Waals surface area contributed by atoms with Crippen molar-refractivity contribution in [3.8, 4) is 0 Å². The number of amides is 3. The number of imide groups is 1. The van der Waals surface area contributed by atoms with E-state index in [2.05, 4.69) is 10.2 Å². The maximum atomic E-state index is 14.2. The number of nitrogens with zero attached hydrogens (tertiary/aromatic N) is 2. The number of nitrogens with one attached hydrogen (secondary N) is 1. The molecule has 0 unspecified atom stereocenters. The van der Waals surface area contributed by atoms with Gasteiger partial charge in [0.15, 0.2) is 0 Å². The van der Waals surface area contributed by atoms with E-state index in [1.807, 2.05) is 32.0 Å². The van der Waals surface area contributed by atoms with Gasteiger partial charge in [-0.2, -0.15) is 0 Å². The Morgan fingerprint density at radius 2 is 1.94 bits per heavy atom. The third kappa shape index (κ3) is 2.31. The monoisotopic (exact) mass is 479 g/mol. The highest BCUT2D eigenvalue weighted by molar-refractivity contribution is 7.17. The van der Waals surface area contributed by atoms with Crippen molar-refractivity contribution in [1.82, 2.24) is 4.90 Å². The lowest BCUT2D eigenvalue weighted by Gasteiger charge is -2.36. The Balaban J connectivity index is 1.56. The molecule has 2 aromatic rings. The van der Waals surface area contributed by atoms with Crippen LogP contribution in [0, 0.1) is 32.6 Å². The van der Waals surface area contributed by atoms with Gasteiger partial charge in [0, 0.05) is 22.2 Å². The van der Waals surface area contributed by atoms with E-state index in [0.29, 0.717) is 17.1 Å². The van der Waals surface area contributed by atoms with Crippen molar-refractivity contribution in [1.29, 1.82) is 0 Å². The molecule has 3 amide bonds. The second-order valence-electron chi connectivity index (χ2n) is 9.59. The van der Waals surface area contributed by atoms with E-state index in [1.165, 1.54) is 23.3 Å². The summed E-state index contributed by atoms with van der Waals surface area (Å²) in [5, 5.41) is 3.33. The van der Waals surface area contributed by atoms with Crippen LogP contribution in [0.15, 0.2) is 18.2 Å². The smallest absolute Gasteiger partial charge is 0.341 e. The lowest BCUT2D eigenvalue weighted by atomic mass is 9.75. The summed E-state index contributed by atoms with van der Waals surface area (Å²) in [5.74, 6) is -3.05. The van der Waals surface area contributed by atoms with Crippen molar-refractivity contribution in [2.24, 2.45) is 11.8 Å². The Morgan fingerprint density at radius 1 is 1.18 bits per heavy atom. The molecule has 176 valence electrons. The number of esters is 1. The number of thiophene rings is 1. The first kappa shape index (κ1) is 21.5. The minimum absolute atomic E-state index is 0.201. The highest BCUT2D eigenvalue weighted by Gasteiger charge is 2.75. The van der Waals surface area contributed by atoms with Gasteiger partial charge in [-0.1, -0.05) is 18.2 Å². The summed E-state index contributed by atoms with van der Waals surface area (Å²) < 4.78 is 4.98. The Bertz CT molecular complexity index is 1320. The summed E-state index contributed by atoms with van der Waals surface area (Å²) in [5.41, 5.74) is 2.15. The van der Waals surface area contributed by atoms with Crippen LogP contribution in [0.3, 0.4) is 0 Å². The lowest BCUT2D eigenvalue weighted by Crippen LogP contribution is -2.54. The zero-order valence-corrected chi connectivity index (χ0v) is 20.2. The van der Waals surface area contributed by atoms with Gasteiger partial charge in [-0.05, 0) is 51.3 Å². The van der Waals surface area contributed by atoms with Crippen molar-refractivity contribution in [2.45, 2.75) is 45.2 Å². The number of fused-ring (bicyclic) bond motifs is 7. The van der Waals surface area contributed by atoms with Gasteiger partial charge < -0.3 is 10.1 Å². The van der Waals surface area contributed by atoms with E-state index >= 15 is 0 Å². The predicted molar refractivity (Wildman–Crippen MR) is 126 cm³/mol. The second-order valence-corrected chi connectivity index (χ2v) is 10.8. The minimum atomic E-state index is -1.22. The van der Waals surface area contributed by atoms with Crippen molar-refractivity contribution in [2.75, 3.05) is 23.9 Å². The topological polar surface area (TPSA) is 96.0 Å². The van der Waals surface area contributed by atoms with Crippen molar-refractivity contribution in [3.63, 3.8) is 0 Å². The Kier molecular flexibility index (Phi) is 4.42. The average molecular weight is 480 g/mol. The molecular formula is C25H25N3O5S. The number of hydrogen-bond acceptors (Lipinski definition) is 7. The zero-order valence-electron chi connectivity index (χ0n) is 19.4. The molecule has 4 aliphatic heterocycles. The van der Waals surface area contributed by atoms with Crippen molar-refractivity contribution >= 4 is 45.7 Å². The number of ether oxygens (including phenoxy) is 1. The molecule has 0 bridgehead atoms. The minimum Gasteiger partial charge on any atom is -0.465 e. The van der Waals surface area contributed by atoms with Gasteiger partial charge in [0.1, 0.15) is 10.5 Å². The van der Waals surface area contributed by atoms with Gasteiger partial charge in [0.2, 0.25) is 17.7 Å². The molecule has 0 radical (unpaired) electrons. The molecule has 6 rings (SSSR count). The molecule has 34 heavy (non-hydrogen) atoms. The number of hydrogen-bond donors (Lipinski definition) is 1. The molecule has 8 nitrogen and oxygen atoms in total. The van der Waals surface area contributed by atoms with Gasteiger partial charge in [-0.25, -0.2) is 9.69 Å². The quantitative estimate of drug-likeness (QED) is 0.526. The molecule has 3 fully saturated rings. The normalized spacial score (nSPS) is 29.6. The largest absolute Gasteiger partial charge is 0.465 e. The number of para-hydroxylation sites is 1. The van der Waals surface area contributed by atoms with Gasteiger partial charge in [0.25, 0.3) is 0 Å². The molecular weight excluding hydrogens is 454 g/mol. The molecule has 0 saturated carbocycles. The summed E-state index contributed by atoms with van der Waals surface area (Å²) in [6.45, 7) is 6.23. The van der Waals surface area contributed by atoms with Crippen LogP contribution in [-0.2, 0) is 24.7 Å². The summed E-state index contributed by atoms with van der Waals surface area (Å²) in [4.78, 5) is 58.6. The van der Waals surface area contributed by atoms with Gasteiger partial charge in [-0.3, -0.25) is 19.3 Å². The second kappa shape index (κ2) is 6.99. The van der Waals surface area contributed by atoms with Gasteiger partial charge in [0.05, 0.1) is 24.5 Å². The van der Waals surface area contributed by atoms with E-state index in [4.69, 9.17) is 4.74 Å². The van der Waals surface area contributed by atoms with Crippen molar-refractivity contribution < 1.29 is 23.9 Å². The summed E-state index contributed by atoms with van der Waals surface area (Å²) in [6, 6.07) is 5.53. The van der Waals surface area contributed by atoms with Crippen LogP contribution in [-0.4, -0.2) is 48.3 Å². The molecule has 4 atom stereocenters. The third-order valence-electron chi connectivity index (χ3n) is 8.20. The van der Waals surface area contributed by atoms with Crippen LogP contribution in [0.1, 0.15) is 44.8 Å². The Hall–Kier alpha value is -3.04. The molecule has 5 heterocycles. The van der Waals surface area contributed by atoms with E-state index in [0.717, 1.165) is 34.5 Å². The SMILES string of the molecule is COC(=O)c1c(N2C(=O)[C@H]3[C@@H](C2=O)[C@]2(C(=O)Nc4c(C)cccc42)N2CCC[C@@H]32)sc(C)c1C. The first-order valence-corrected chi connectivity index (χ1v) is 12.3. The fourth-order valence-electron chi connectivity index (χ4n) is 6.69. The lowest BCUT2D eigenvalue weighted by molar-refractivity contribution is -0.135. The Morgan fingerprint density at radius 3 is 2.68 bits per heavy atom. The van der Waals surface area contributed by atoms with E-state index in [-0.39, 0.29) is 23.4 Å². The highest BCUT2D eigenvalue weighted by atomic mass is 32.1. The van der Waals surface area contributed by atoms with Crippen LogP contribution in [0.25, 0.3) is 0 Å². The number of rotatable bonds is 2. The molecule has 1 aromatic heterocycles. The third-order valence-corrected chi connectivity index (χ3v) is 9.39. The van der Waals surface area contributed by atoms with Crippen LogP contribution in [0.4, 0.5) is 10.7 Å². The summed E-state index contributed by atoms with van der Waals surface area (Å²) in [7, 11) is 1.29. The molecule has 3 saturated heterocycles. The van der Waals surface area contributed by atoms with Gasteiger partial charge >= 0.3 is 5.97 Å². The number of anilines is 2. The fraction of sp³-hybridized carbons (Fsp3) is 0.440. The summed E-state index contributed by atoms with van der Waals surface area (Å²) in [6.07, 6.45) is 1.60. The van der Waals surface area contributed by atoms with Crippen LogP contribution in [0.2, 0.25) is 0 Å². The zero-order chi connectivity index (χ0) is 24.1. The number of benzene rings is 1. The maximum Gasteiger partial charge on any atom is 0.341 e. The van der Waals surface area contributed by atoms with E-state index in [1.54, 1.807) is 6.92 Å². The number of aryl methyl sites for hydroxylation is 2. The van der Waals surface area contributed by atoms with E-state index < -0.39 is 29.3 Å². The standard InChI is InChI=1S/C25H25N3O5S/c1-11-7-5-8-14-19(11)26-24(32)25(14)18-17(15-9-6-10-27(15)25)20(29)28(21(18)30)22-16(23(31)33-4)12(2)13(3)34-22/h5,7-8,15,17-18H,6,9-10H2,1-4H3,(H,26,32)/t15-,17+,18-,25+/m0/s1. The molecule has 4 aliphatic rings. The van der Waals surface area contributed by atoms with E-state index in [9.17, 15) is 19.2 Å². The first-order chi connectivity index (χ1) is 16.2. The van der Waals surface area contributed by atoms with Crippen LogP contribution >= 0.6 is 11.3 Å². The number of methoxy groups -OCH3 is 1. The molecule has 1 N–H and O–H groups in total. The van der Waals surface area contributed by atoms with Crippen LogP contribution in [0.5, 0.6) is 0 Å². The Labute approximate surface area is 200 Å². The summed E-state index contributed by atoms with van der Waals surface area (Å²) >= 11 is 1.24. The highest BCUT2D eigenvalue weighted by Crippen LogP contribution is 2.61. The van der Waals surface area contributed by atoms with Crippen LogP contribution < -0.4 is 10.2 Å². The average Bonchev–Trinajstić information content (AvgIpc) is 3.56. The molecule has 0 aliphatic carbocycles. The molecule has 9 heteroatoms. The van der Waals surface area contributed by atoms with Crippen molar-refractivity contribution in [3.05, 3.63) is 45.3 Å². The maximum absolute atomic E-state index is 14.2. The number of carbonyl (C=O) groups is 4. The molecule has 1 aromatic carbocycles. The van der Waals surface area contributed by atoms with Gasteiger partial charge in [-0.15, -0.1) is 11.3 Å².